The van der Waals surface area contributed by atoms with Crippen molar-refractivity contribution in [2.24, 2.45) is 0 Å². The zero-order valence-corrected chi connectivity index (χ0v) is 10.6. The summed E-state index contributed by atoms with van der Waals surface area (Å²) in [4.78, 5) is 0. The van der Waals surface area contributed by atoms with E-state index in [0.717, 1.165) is 0 Å². The van der Waals surface area contributed by atoms with Crippen molar-refractivity contribution in [2.75, 3.05) is 26.2 Å². The summed E-state index contributed by atoms with van der Waals surface area (Å²) in [5, 5.41) is 0. The molecule has 0 aromatic carbocycles. The Bertz CT molecular complexity index is 100. The lowest BCUT2D eigenvalue weighted by Gasteiger charge is -2.33. The van der Waals surface area contributed by atoms with E-state index >= 15 is 0 Å². The zero-order valence-electron chi connectivity index (χ0n) is 8.48. The van der Waals surface area contributed by atoms with E-state index in [1.807, 2.05) is 0 Å². The van der Waals surface area contributed by atoms with Gasteiger partial charge in [-0.2, -0.15) is 0 Å². The Balaban J connectivity index is 0.00000121. The number of halogens is 1. The third kappa shape index (κ3) is 3.21. The quantitative estimate of drug-likeness (QED) is 0.478. The van der Waals surface area contributed by atoms with Gasteiger partial charge in [-0.3, -0.25) is 0 Å². The number of quaternary nitrogens is 1. The second-order valence-corrected chi connectivity index (χ2v) is 3.94. The molecule has 1 aliphatic rings. The van der Waals surface area contributed by atoms with Gasteiger partial charge < -0.3 is 28.5 Å². The molecule has 1 rings (SSSR count). The molecule has 0 spiro atoms. The maximum Gasteiger partial charge on any atom is 0.0788 e. The Labute approximate surface area is 94.1 Å². The first-order chi connectivity index (χ1) is 5.33. The second-order valence-electron chi connectivity index (χ2n) is 3.94. The van der Waals surface area contributed by atoms with Gasteiger partial charge in [-0.1, -0.05) is 13.8 Å². The van der Waals surface area contributed by atoms with E-state index in [4.69, 9.17) is 0 Å². The maximum absolute atomic E-state index is 2.31. The topological polar surface area (TPSA) is 0 Å². The zero-order chi connectivity index (χ0) is 8.16. The molecular weight excluding hydrogens is 261 g/mol. The average Bonchev–Trinajstić information content (AvgIpc) is 2.39. The van der Waals surface area contributed by atoms with Gasteiger partial charge in [0, 0.05) is 12.8 Å². The minimum absolute atomic E-state index is 0. The minimum atomic E-state index is 0. The van der Waals surface area contributed by atoms with Crippen molar-refractivity contribution in [1.82, 2.24) is 0 Å². The third-order valence-corrected chi connectivity index (χ3v) is 2.91. The normalized spacial score (nSPS) is 20.5. The lowest BCUT2D eigenvalue weighted by atomic mass is 10.3. The van der Waals surface area contributed by atoms with Gasteiger partial charge in [-0.25, -0.2) is 0 Å². The van der Waals surface area contributed by atoms with E-state index < -0.39 is 0 Å². The Hall–Kier alpha value is 0.690. The highest BCUT2D eigenvalue weighted by molar-refractivity contribution is 4.54. The molecule has 0 amide bonds. The van der Waals surface area contributed by atoms with Crippen LogP contribution in [0.25, 0.3) is 0 Å². The summed E-state index contributed by atoms with van der Waals surface area (Å²) in [6.07, 6.45) is 5.67. The van der Waals surface area contributed by atoms with Gasteiger partial charge in [0.2, 0.25) is 0 Å². The van der Waals surface area contributed by atoms with E-state index in [9.17, 15) is 0 Å². The molecule has 1 fully saturated rings. The van der Waals surface area contributed by atoms with E-state index in [-0.39, 0.29) is 24.0 Å². The molecule has 0 radical (unpaired) electrons. The monoisotopic (exact) mass is 283 g/mol. The van der Waals surface area contributed by atoms with Crippen molar-refractivity contribution >= 4 is 0 Å². The fourth-order valence-electron chi connectivity index (χ4n) is 2.51. The molecule has 0 bridgehead atoms. The molecule has 0 aromatic rings. The van der Waals surface area contributed by atoms with Crippen LogP contribution in [0.4, 0.5) is 0 Å². The Morgan fingerprint density at radius 2 is 1.33 bits per heavy atom. The Morgan fingerprint density at radius 3 is 1.67 bits per heavy atom. The highest BCUT2D eigenvalue weighted by atomic mass is 127. The van der Waals surface area contributed by atoms with Crippen molar-refractivity contribution in [3.8, 4) is 0 Å². The van der Waals surface area contributed by atoms with Gasteiger partial charge in [0.1, 0.15) is 0 Å². The molecule has 74 valence electrons. The first-order valence-corrected chi connectivity index (χ1v) is 5.18. The number of rotatable bonds is 4. The fourth-order valence-corrected chi connectivity index (χ4v) is 2.51. The smallest absolute Gasteiger partial charge is 0.0788 e. The molecule has 0 aromatic heterocycles. The van der Waals surface area contributed by atoms with Gasteiger partial charge >= 0.3 is 0 Å². The van der Waals surface area contributed by atoms with Gasteiger partial charge in [-0.05, 0) is 12.8 Å². The van der Waals surface area contributed by atoms with Crippen LogP contribution < -0.4 is 24.0 Å². The van der Waals surface area contributed by atoms with E-state index in [2.05, 4.69) is 13.8 Å². The molecule has 0 atom stereocenters. The first kappa shape index (κ1) is 12.7. The summed E-state index contributed by atoms with van der Waals surface area (Å²) in [5.74, 6) is 0. The van der Waals surface area contributed by atoms with E-state index in [1.165, 1.54) is 56.3 Å². The summed E-state index contributed by atoms with van der Waals surface area (Å²) in [7, 11) is 0. The van der Waals surface area contributed by atoms with Crippen LogP contribution in [0.15, 0.2) is 0 Å². The highest BCUT2D eigenvalue weighted by Crippen LogP contribution is 2.20. The van der Waals surface area contributed by atoms with Crippen LogP contribution in [0.1, 0.15) is 39.5 Å². The number of likely N-dealkylation sites (tertiary alicyclic amines) is 1. The van der Waals surface area contributed by atoms with Gasteiger partial charge in [0.05, 0.1) is 26.2 Å². The average molecular weight is 283 g/mol. The van der Waals surface area contributed by atoms with Crippen molar-refractivity contribution in [1.29, 1.82) is 0 Å². The minimum Gasteiger partial charge on any atom is -1.00 e. The summed E-state index contributed by atoms with van der Waals surface area (Å²) < 4.78 is 1.44. The molecule has 1 heterocycles. The highest BCUT2D eigenvalue weighted by Gasteiger charge is 2.29. The summed E-state index contributed by atoms with van der Waals surface area (Å²) >= 11 is 0. The predicted octanol–water partition coefficient (Wildman–Crippen LogP) is -0.579. The Morgan fingerprint density at radius 1 is 0.917 bits per heavy atom. The van der Waals surface area contributed by atoms with Gasteiger partial charge in [0.15, 0.2) is 0 Å². The van der Waals surface area contributed by atoms with Gasteiger partial charge in [0.25, 0.3) is 0 Å². The van der Waals surface area contributed by atoms with Crippen LogP contribution in [0.3, 0.4) is 0 Å². The molecule has 0 saturated carbocycles. The molecular formula is C10H22IN. The molecule has 0 N–H and O–H groups in total. The SMILES string of the molecule is CCC[N+]1(CCC)CCCC1.[I-]. The second kappa shape index (κ2) is 6.19. The number of hydrogen-bond donors (Lipinski definition) is 0. The standard InChI is InChI=1S/C10H22N.HI/c1-3-7-11(8-4-2)9-5-6-10-11;/h3-10H2,1-2H3;1H/q+1;/p-1. The van der Waals surface area contributed by atoms with Crippen LogP contribution in [0.2, 0.25) is 0 Å². The van der Waals surface area contributed by atoms with Gasteiger partial charge in [-0.15, -0.1) is 0 Å². The lowest BCUT2D eigenvalue weighted by molar-refractivity contribution is -0.916. The third-order valence-electron chi connectivity index (χ3n) is 2.91. The molecule has 12 heavy (non-hydrogen) atoms. The Kier molecular flexibility index (Phi) is 6.55. The van der Waals surface area contributed by atoms with E-state index in [1.54, 1.807) is 0 Å². The van der Waals surface area contributed by atoms with Crippen molar-refractivity contribution in [2.45, 2.75) is 39.5 Å². The summed E-state index contributed by atoms with van der Waals surface area (Å²) in [5.41, 5.74) is 0. The molecule has 1 saturated heterocycles. The van der Waals surface area contributed by atoms with Crippen LogP contribution in [-0.2, 0) is 0 Å². The fraction of sp³-hybridized carbons (Fsp3) is 1.00. The predicted molar refractivity (Wildman–Crippen MR) is 49.5 cm³/mol. The van der Waals surface area contributed by atoms with Crippen LogP contribution >= 0.6 is 0 Å². The molecule has 1 nitrogen and oxygen atoms in total. The largest absolute Gasteiger partial charge is 1.00 e. The number of nitrogens with zero attached hydrogens (tertiary/aromatic N) is 1. The molecule has 1 aliphatic heterocycles. The summed E-state index contributed by atoms with van der Waals surface area (Å²) in [6.45, 7) is 10.4. The molecule has 0 unspecified atom stereocenters. The van der Waals surface area contributed by atoms with Crippen LogP contribution in [0, 0.1) is 0 Å². The molecule has 2 heteroatoms. The van der Waals surface area contributed by atoms with Crippen molar-refractivity contribution < 1.29 is 28.5 Å². The van der Waals surface area contributed by atoms with Crippen LogP contribution in [0.5, 0.6) is 0 Å². The first-order valence-electron chi connectivity index (χ1n) is 5.18. The van der Waals surface area contributed by atoms with Crippen molar-refractivity contribution in [3.05, 3.63) is 0 Å². The van der Waals surface area contributed by atoms with Crippen molar-refractivity contribution in [3.63, 3.8) is 0 Å². The number of hydrogen-bond acceptors (Lipinski definition) is 0. The summed E-state index contributed by atoms with van der Waals surface area (Å²) in [6, 6.07) is 0. The molecule has 0 aliphatic carbocycles. The lowest BCUT2D eigenvalue weighted by Crippen LogP contribution is -3.00. The van der Waals surface area contributed by atoms with E-state index in [0.29, 0.717) is 0 Å². The van der Waals surface area contributed by atoms with Crippen LogP contribution in [-0.4, -0.2) is 30.7 Å². The maximum atomic E-state index is 2.31.